The fourth-order valence-electron chi connectivity index (χ4n) is 2.26. The zero-order valence-electron chi connectivity index (χ0n) is 11.1. The molecule has 0 fully saturated rings. The van der Waals surface area contributed by atoms with Gasteiger partial charge in [-0.3, -0.25) is 5.84 Å². The van der Waals surface area contributed by atoms with Crippen LogP contribution in [0.15, 0.2) is 53.0 Å². The molecule has 1 atom stereocenters. The summed E-state index contributed by atoms with van der Waals surface area (Å²) in [5.41, 5.74) is 6.64. The van der Waals surface area contributed by atoms with Crippen LogP contribution in [0.5, 0.6) is 0 Å². The van der Waals surface area contributed by atoms with Crippen LogP contribution in [0.2, 0.25) is 0 Å². The maximum Gasteiger partial charge on any atom is 0.0710 e. The first-order valence-electron chi connectivity index (χ1n) is 6.55. The number of halogens is 1. The lowest BCUT2D eigenvalue weighted by Crippen LogP contribution is -2.28. The van der Waals surface area contributed by atoms with Crippen LogP contribution in [0.4, 0.5) is 0 Å². The number of aryl methyl sites for hydroxylation is 1. The van der Waals surface area contributed by atoms with Gasteiger partial charge in [-0.25, -0.2) is 5.43 Å². The molecule has 0 radical (unpaired) electrons. The fraction of sp³-hybridized carbons (Fsp3) is 0.250. The van der Waals surface area contributed by atoms with Crippen molar-refractivity contribution in [1.82, 2.24) is 5.43 Å². The third kappa shape index (κ3) is 3.66. The van der Waals surface area contributed by atoms with Gasteiger partial charge in [0.15, 0.2) is 0 Å². The number of hydrogen-bond donors (Lipinski definition) is 2. The summed E-state index contributed by atoms with van der Waals surface area (Å²) in [6.07, 6.45) is 2.26. The Morgan fingerprint density at radius 1 is 1.11 bits per heavy atom. The summed E-state index contributed by atoms with van der Waals surface area (Å²) in [6.45, 7) is 2.19. The van der Waals surface area contributed by atoms with Gasteiger partial charge in [0.2, 0.25) is 0 Å². The van der Waals surface area contributed by atoms with Crippen molar-refractivity contribution < 1.29 is 0 Å². The Morgan fingerprint density at radius 2 is 1.84 bits per heavy atom. The van der Waals surface area contributed by atoms with Gasteiger partial charge in [-0.1, -0.05) is 65.7 Å². The third-order valence-corrected chi connectivity index (χ3v) is 3.72. The molecule has 0 aliphatic heterocycles. The van der Waals surface area contributed by atoms with E-state index in [9.17, 15) is 0 Å². The molecule has 0 saturated heterocycles. The Morgan fingerprint density at radius 3 is 2.47 bits per heavy atom. The van der Waals surface area contributed by atoms with Crippen molar-refractivity contribution in [2.75, 3.05) is 0 Å². The van der Waals surface area contributed by atoms with Crippen LogP contribution >= 0.6 is 15.9 Å². The van der Waals surface area contributed by atoms with Gasteiger partial charge in [0.25, 0.3) is 0 Å². The van der Waals surface area contributed by atoms with Crippen LogP contribution in [0, 0.1) is 0 Å². The zero-order valence-corrected chi connectivity index (χ0v) is 12.7. The summed E-state index contributed by atoms with van der Waals surface area (Å²) in [4.78, 5) is 0. The van der Waals surface area contributed by atoms with Gasteiger partial charge in [0.05, 0.1) is 6.04 Å². The van der Waals surface area contributed by atoms with Gasteiger partial charge >= 0.3 is 0 Å². The first-order chi connectivity index (χ1) is 9.24. The van der Waals surface area contributed by atoms with Gasteiger partial charge in [-0.2, -0.15) is 0 Å². The summed E-state index contributed by atoms with van der Waals surface area (Å²) >= 11 is 3.45. The highest BCUT2D eigenvalue weighted by atomic mass is 79.9. The number of hydrazine groups is 1. The van der Waals surface area contributed by atoms with Crippen LogP contribution in [0.1, 0.15) is 36.1 Å². The molecule has 2 aromatic carbocycles. The minimum atomic E-state index is 0.0323. The molecule has 2 rings (SSSR count). The SMILES string of the molecule is CCCc1cccc(C(NN)c2ccc(Br)cc2)c1. The molecule has 0 amide bonds. The Labute approximate surface area is 123 Å². The second-order valence-electron chi connectivity index (χ2n) is 4.65. The van der Waals surface area contributed by atoms with Crippen molar-refractivity contribution in [3.8, 4) is 0 Å². The highest BCUT2D eigenvalue weighted by Crippen LogP contribution is 2.24. The molecular formula is C16H19BrN2. The zero-order chi connectivity index (χ0) is 13.7. The Balaban J connectivity index is 2.30. The Hall–Kier alpha value is -1.16. The van der Waals surface area contributed by atoms with E-state index in [4.69, 9.17) is 5.84 Å². The molecule has 0 aliphatic rings. The predicted octanol–water partition coefficient (Wildman–Crippen LogP) is 3.95. The topological polar surface area (TPSA) is 38.0 Å². The Kier molecular flexibility index (Phi) is 5.14. The fourth-order valence-corrected chi connectivity index (χ4v) is 2.52. The van der Waals surface area contributed by atoms with Gasteiger partial charge in [0, 0.05) is 4.47 Å². The molecule has 0 saturated carbocycles. The molecule has 3 N–H and O–H groups in total. The number of nitrogens with two attached hydrogens (primary N) is 1. The minimum Gasteiger partial charge on any atom is -0.271 e. The second kappa shape index (κ2) is 6.85. The standard InChI is InChI=1S/C16H19BrN2/c1-2-4-12-5-3-6-14(11-12)16(19-18)13-7-9-15(17)10-8-13/h3,5-11,16,19H,2,4,18H2,1H3. The van der Waals surface area contributed by atoms with E-state index in [1.54, 1.807) is 0 Å². The maximum absolute atomic E-state index is 5.74. The molecule has 1 unspecified atom stereocenters. The molecule has 0 heterocycles. The molecule has 0 aromatic heterocycles. The molecule has 19 heavy (non-hydrogen) atoms. The van der Waals surface area contributed by atoms with Gasteiger partial charge in [0.1, 0.15) is 0 Å². The van der Waals surface area contributed by atoms with Crippen molar-refractivity contribution in [3.63, 3.8) is 0 Å². The third-order valence-electron chi connectivity index (χ3n) is 3.19. The van der Waals surface area contributed by atoms with E-state index in [1.165, 1.54) is 16.7 Å². The average Bonchev–Trinajstić information content (AvgIpc) is 2.43. The van der Waals surface area contributed by atoms with E-state index in [1.807, 2.05) is 12.1 Å². The van der Waals surface area contributed by atoms with E-state index >= 15 is 0 Å². The summed E-state index contributed by atoms with van der Waals surface area (Å²) in [7, 11) is 0. The quantitative estimate of drug-likeness (QED) is 0.647. The second-order valence-corrected chi connectivity index (χ2v) is 5.56. The maximum atomic E-state index is 5.74. The molecule has 0 aliphatic carbocycles. The number of rotatable bonds is 5. The van der Waals surface area contributed by atoms with E-state index in [0.717, 1.165) is 17.3 Å². The summed E-state index contributed by atoms with van der Waals surface area (Å²) < 4.78 is 1.08. The van der Waals surface area contributed by atoms with Crippen molar-refractivity contribution in [2.24, 2.45) is 5.84 Å². The van der Waals surface area contributed by atoms with Crippen LogP contribution < -0.4 is 11.3 Å². The molecule has 3 heteroatoms. The van der Waals surface area contributed by atoms with Gasteiger partial charge < -0.3 is 0 Å². The van der Waals surface area contributed by atoms with Crippen molar-refractivity contribution >= 4 is 15.9 Å². The van der Waals surface area contributed by atoms with E-state index < -0.39 is 0 Å². The van der Waals surface area contributed by atoms with E-state index in [-0.39, 0.29) is 6.04 Å². The van der Waals surface area contributed by atoms with Crippen LogP contribution in [0.25, 0.3) is 0 Å². The molecule has 2 aromatic rings. The molecule has 2 nitrogen and oxygen atoms in total. The smallest absolute Gasteiger partial charge is 0.0710 e. The van der Waals surface area contributed by atoms with Gasteiger partial charge in [-0.05, 0) is 35.2 Å². The lowest BCUT2D eigenvalue weighted by molar-refractivity contribution is 0.636. The van der Waals surface area contributed by atoms with Crippen molar-refractivity contribution in [2.45, 2.75) is 25.8 Å². The Bertz CT molecular complexity index is 523. The van der Waals surface area contributed by atoms with Crippen LogP contribution in [0.3, 0.4) is 0 Å². The first-order valence-corrected chi connectivity index (χ1v) is 7.34. The van der Waals surface area contributed by atoms with Crippen LogP contribution in [-0.4, -0.2) is 0 Å². The molecular weight excluding hydrogens is 300 g/mol. The number of nitrogens with one attached hydrogen (secondary N) is 1. The summed E-state index contributed by atoms with van der Waals surface area (Å²) in [5, 5.41) is 0. The summed E-state index contributed by atoms with van der Waals surface area (Å²) in [6, 6.07) is 16.9. The molecule has 0 bridgehead atoms. The highest BCUT2D eigenvalue weighted by molar-refractivity contribution is 9.10. The normalized spacial score (nSPS) is 12.4. The monoisotopic (exact) mass is 318 g/mol. The largest absolute Gasteiger partial charge is 0.271 e. The number of hydrogen-bond acceptors (Lipinski definition) is 2. The van der Waals surface area contributed by atoms with Gasteiger partial charge in [-0.15, -0.1) is 0 Å². The van der Waals surface area contributed by atoms with Crippen LogP contribution in [-0.2, 0) is 6.42 Å². The van der Waals surface area contributed by atoms with E-state index in [2.05, 4.69) is 64.7 Å². The number of benzene rings is 2. The highest BCUT2D eigenvalue weighted by Gasteiger charge is 2.12. The minimum absolute atomic E-state index is 0.0323. The first kappa shape index (κ1) is 14.3. The van der Waals surface area contributed by atoms with Crippen molar-refractivity contribution in [3.05, 3.63) is 69.7 Å². The summed E-state index contributed by atoms with van der Waals surface area (Å²) in [5.74, 6) is 5.74. The van der Waals surface area contributed by atoms with E-state index in [0.29, 0.717) is 0 Å². The molecule has 0 spiro atoms. The predicted molar refractivity (Wildman–Crippen MR) is 83.7 cm³/mol. The molecule has 100 valence electrons. The lowest BCUT2D eigenvalue weighted by Gasteiger charge is -2.18. The van der Waals surface area contributed by atoms with Crippen molar-refractivity contribution in [1.29, 1.82) is 0 Å². The lowest BCUT2D eigenvalue weighted by atomic mass is 9.97. The average molecular weight is 319 g/mol.